The molecule has 3 N–H and O–H groups in total. The van der Waals surface area contributed by atoms with E-state index in [1.165, 1.54) is 4.90 Å². The van der Waals surface area contributed by atoms with E-state index >= 15 is 0 Å². The molecule has 1 spiro atoms. The van der Waals surface area contributed by atoms with Crippen molar-refractivity contribution >= 4 is 41.0 Å². The summed E-state index contributed by atoms with van der Waals surface area (Å²) in [6.45, 7) is 3.62. The summed E-state index contributed by atoms with van der Waals surface area (Å²) in [6, 6.07) is 11.6. The van der Waals surface area contributed by atoms with Crippen LogP contribution in [0.15, 0.2) is 42.5 Å². The van der Waals surface area contributed by atoms with E-state index in [1.807, 2.05) is 43.3 Å². The molecule has 2 aromatic carbocycles. The van der Waals surface area contributed by atoms with E-state index in [9.17, 15) is 24.3 Å². The number of rotatable bonds is 5. The summed E-state index contributed by atoms with van der Waals surface area (Å²) < 4.78 is 0. The molecule has 3 heterocycles. The highest BCUT2D eigenvalue weighted by Crippen LogP contribution is 2.52. The summed E-state index contributed by atoms with van der Waals surface area (Å²) in [6.07, 6.45) is -0.181. The van der Waals surface area contributed by atoms with Gasteiger partial charge in [-0.2, -0.15) is 0 Å². The topological polar surface area (TPSA) is 123 Å². The number of amides is 3. The molecule has 176 valence electrons. The molecule has 3 aliphatic rings. The summed E-state index contributed by atoms with van der Waals surface area (Å²) in [5.41, 5.74) is 1.20. The Morgan fingerprint density at radius 1 is 1.21 bits per heavy atom. The summed E-state index contributed by atoms with van der Waals surface area (Å²) in [4.78, 5) is 53.7. The maximum Gasteiger partial charge on any atom is 0.291 e. The number of quaternary nitrogens is 1. The Morgan fingerprint density at radius 2 is 1.91 bits per heavy atom. The monoisotopic (exact) mass is 481 g/mol. The number of aryl methyl sites for hydroxylation is 1. The highest BCUT2D eigenvalue weighted by atomic mass is 35.5. The van der Waals surface area contributed by atoms with Gasteiger partial charge in [-0.15, -0.1) is 0 Å². The Kier molecular flexibility index (Phi) is 5.26. The Balaban J connectivity index is 1.64. The van der Waals surface area contributed by atoms with Crippen LogP contribution in [0.2, 0.25) is 5.02 Å². The molecule has 2 saturated heterocycles. The molecule has 0 radical (unpaired) electrons. The number of imide groups is 1. The predicted octanol–water partition coefficient (Wildman–Crippen LogP) is 0.634. The van der Waals surface area contributed by atoms with Crippen LogP contribution in [0.4, 0.5) is 5.69 Å². The van der Waals surface area contributed by atoms with Gasteiger partial charge in [-0.3, -0.25) is 19.3 Å². The van der Waals surface area contributed by atoms with Gasteiger partial charge in [0.15, 0.2) is 0 Å². The number of aliphatic carboxylic acids is 1. The molecule has 2 aromatic rings. The van der Waals surface area contributed by atoms with Crippen LogP contribution in [-0.2, 0) is 24.7 Å². The SMILES string of the molecule is Cc1cc(Cl)c2c(c1)[C@@]1([NH2+][C@@H](CCC(=O)[O-])[C@H]3C(=O)N([C@H](C)c4ccccc4)C(=O)[C@H]31)C(=O)N2. The number of nitrogens with one attached hydrogen (secondary N) is 1. The van der Waals surface area contributed by atoms with Gasteiger partial charge >= 0.3 is 0 Å². The molecule has 0 aliphatic carbocycles. The van der Waals surface area contributed by atoms with Crippen LogP contribution in [0, 0.1) is 18.8 Å². The molecule has 0 unspecified atom stereocenters. The van der Waals surface area contributed by atoms with Crippen molar-refractivity contribution in [2.45, 2.75) is 44.3 Å². The lowest BCUT2D eigenvalue weighted by Crippen LogP contribution is -2.99. The zero-order chi connectivity index (χ0) is 24.4. The number of carboxylic acid groups (broad SMARTS) is 1. The zero-order valence-corrected chi connectivity index (χ0v) is 19.5. The van der Waals surface area contributed by atoms with Gasteiger partial charge in [0.1, 0.15) is 17.9 Å². The summed E-state index contributed by atoms with van der Waals surface area (Å²) in [5, 5.41) is 16.1. The Labute approximate surface area is 201 Å². The largest absolute Gasteiger partial charge is 0.550 e. The number of anilines is 1. The maximum atomic E-state index is 13.9. The van der Waals surface area contributed by atoms with Gasteiger partial charge in [-0.1, -0.05) is 41.9 Å². The average molecular weight is 482 g/mol. The average Bonchev–Trinajstić information content (AvgIpc) is 3.38. The van der Waals surface area contributed by atoms with Crippen molar-refractivity contribution in [3.05, 3.63) is 64.2 Å². The summed E-state index contributed by atoms with van der Waals surface area (Å²) in [7, 11) is 0. The minimum atomic E-state index is -1.40. The van der Waals surface area contributed by atoms with E-state index in [4.69, 9.17) is 11.6 Å². The predicted molar refractivity (Wildman–Crippen MR) is 120 cm³/mol. The second kappa shape index (κ2) is 7.92. The van der Waals surface area contributed by atoms with Crippen molar-refractivity contribution in [3.8, 4) is 0 Å². The maximum absolute atomic E-state index is 13.9. The van der Waals surface area contributed by atoms with Crippen molar-refractivity contribution in [3.63, 3.8) is 0 Å². The van der Waals surface area contributed by atoms with Crippen molar-refractivity contribution in [1.82, 2.24) is 4.90 Å². The molecule has 5 atom stereocenters. The van der Waals surface area contributed by atoms with Crippen molar-refractivity contribution in [2.75, 3.05) is 5.32 Å². The Morgan fingerprint density at radius 3 is 2.59 bits per heavy atom. The molecule has 3 aliphatic heterocycles. The molecule has 8 nitrogen and oxygen atoms in total. The Hall–Kier alpha value is -3.23. The van der Waals surface area contributed by atoms with E-state index in [-0.39, 0.29) is 18.7 Å². The molecule has 5 rings (SSSR count). The fourth-order valence-corrected chi connectivity index (χ4v) is 6.31. The van der Waals surface area contributed by atoms with Crippen molar-refractivity contribution < 1.29 is 29.6 Å². The molecule has 0 aromatic heterocycles. The fourth-order valence-electron chi connectivity index (χ4n) is 5.99. The lowest BCUT2D eigenvalue weighted by atomic mass is 9.76. The number of fused-ring (bicyclic) bond motifs is 4. The lowest BCUT2D eigenvalue weighted by molar-refractivity contribution is -0.734. The van der Waals surface area contributed by atoms with Gasteiger partial charge in [0, 0.05) is 18.0 Å². The van der Waals surface area contributed by atoms with Crippen LogP contribution >= 0.6 is 11.6 Å². The lowest BCUT2D eigenvalue weighted by Gasteiger charge is -2.29. The molecule has 3 amide bonds. The molecule has 0 bridgehead atoms. The number of likely N-dealkylation sites (tertiary alicyclic amines) is 1. The van der Waals surface area contributed by atoms with Gasteiger partial charge in [0.2, 0.25) is 17.4 Å². The first-order valence-electron chi connectivity index (χ1n) is 11.3. The fraction of sp³-hybridized carbons (Fsp3) is 0.360. The normalized spacial score (nSPS) is 28.3. The second-order valence-corrected chi connectivity index (χ2v) is 9.78. The number of nitrogens with two attached hydrogens (primary N) is 1. The third kappa shape index (κ3) is 3.09. The second-order valence-electron chi connectivity index (χ2n) is 9.37. The van der Waals surface area contributed by atoms with Crippen LogP contribution in [-0.4, -0.2) is 34.6 Å². The first kappa shape index (κ1) is 22.6. The zero-order valence-electron chi connectivity index (χ0n) is 18.7. The van der Waals surface area contributed by atoms with E-state index in [0.717, 1.165) is 11.1 Å². The van der Waals surface area contributed by atoms with Gasteiger partial charge in [-0.05, 0) is 43.5 Å². The van der Waals surface area contributed by atoms with Gasteiger partial charge in [-0.25, -0.2) is 0 Å². The number of carboxylic acids is 1. The van der Waals surface area contributed by atoms with E-state index in [1.54, 1.807) is 18.3 Å². The minimum absolute atomic E-state index is 0.0972. The van der Waals surface area contributed by atoms with Crippen molar-refractivity contribution in [2.24, 2.45) is 11.8 Å². The number of hydrogen-bond donors (Lipinski definition) is 2. The number of benzene rings is 2. The Bertz CT molecular complexity index is 1230. The van der Waals surface area contributed by atoms with E-state index in [2.05, 4.69) is 5.32 Å². The van der Waals surface area contributed by atoms with Crippen LogP contribution in [0.3, 0.4) is 0 Å². The highest BCUT2D eigenvalue weighted by Gasteiger charge is 2.74. The summed E-state index contributed by atoms with van der Waals surface area (Å²) >= 11 is 6.43. The van der Waals surface area contributed by atoms with Crippen LogP contribution in [0.1, 0.15) is 42.5 Å². The minimum Gasteiger partial charge on any atom is -0.550 e. The molecular weight excluding hydrogens is 458 g/mol. The number of nitrogens with zero attached hydrogens (tertiary/aromatic N) is 1. The number of carbonyl (C=O) groups is 4. The standard InChI is InChI=1S/C25H24ClN3O5/c1-12-10-15-21(16(26)11-12)27-24(34)25(15)20-19(17(28-25)8-9-18(30)31)22(32)29(23(20)33)13(2)14-6-4-3-5-7-14/h3-7,10-11,13,17,19-20,28H,8-9H2,1-2H3,(H,27,34)(H,30,31)/t13-,17+,19-,20+,25+/m1/s1. The van der Waals surface area contributed by atoms with E-state index in [0.29, 0.717) is 16.3 Å². The molecule has 9 heteroatoms. The van der Waals surface area contributed by atoms with Crippen LogP contribution < -0.4 is 15.7 Å². The van der Waals surface area contributed by atoms with E-state index < -0.39 is 47.2 Å². The number of halogens is 1. The smallest absolute Gasteiger partial charge is 0.291 e. The van der Waals surface area contributed by atoms with Gasteiger partial charge in [0.05, 0.1) is 16.8 Å². The third-order valence-electron chi connectivity index (χ3n) is 7.46. The number of carbonyl (C=O) groups excluding carboxylic acids is 4. The number of hydrogen-bond acceptors (Lipinski definition) is 5. The van der Waals surface area contributed by atoms with Crippen LogP contribution in [0.5, 0.6) is 0 Å². The van der Waals surface area contributed by atoms with Crippen LogP contribution in [0.25, 0.3) is 0 Å². The quantitative estimate of drug-likeness (QED) is 0.606. The first-order chi connectivity index (χ1) is 16.2. The van der Waals surface area contributed by atoms with Gasteiger partial charge < -0.3 is 20.5 Å². The third-order valence-corrected chi connectivity index (χ3v) is 7.76. The first-order valence-corrected chi connectivity index (χ1v) is 11.6. The van der Waals surface area contributed by atoms with Crippen molar-refractivity contribution in [1.29, 1.82) is 0 Å². The molecule has 2 fully saturated rings. The van der Waals surface area contributed by atoms with Gasteiger partial charge in [0.25, 0.3) is 5.91 Å². The summed E-state index contributed by atoms with van der Waals surface area (Å²) in [5.74, 6) is -4.29. The molecule has 34 heavy (non-hydrogen) atoms. The highest BCUT2D eigenvalue weighted by molar-refractivity contribution is 6.35. The molecular formula is C25H24ClN3O5. The molecule has 0 saturated carbocycles.